The van der Waals surface area contributed by atoms with Crippen LogP contribution in [-0.4, -0.2) is 30.1 Å². The monoisotopic (exact) mass is 301 g/mol. The van der Waals surface area contributed by atoms with Gasteiger partial charge in [-0.25, -0.2) is 9.97 Å². The van der Waals surface area contributed by atoms with Crippen LogP contribution in [0.15, 0.2) is 18.2 Å². The molecule has 2 aromatic rings. The first kappa shape index (κ1) is 15.8. The molecule has 2 rings (SSSR count). The number of benzene rings is 1. The summed E-state index contributed by atoms with van der Waals surface area (Å²) in [6.07, 6.45) is 0. The second-order valence-corrected chi connectivity index (χ2v) is 4.84. The SMILES string of the molecule is COc1ccc(NC(=O)c2c(C)nc(C)nc2C)c(OC)c1. The largest absolute Gasteiger partial charge is 0.497 e. The maximum atomic E-state index is 12.5. The van der Waals surface area contributed by atoms with Gasteiger partial charge in [-0.2, -0.15) is 0 Å². The van der Waals surface area contributed by atoms with Gasteiger partial charge in [-0.15, -0.1) is 0 Å². The van der Waals surface area contributed by atoms with E-state index in [-0.39, 0.29) is 5.91 Å². The molecule has 6 nitrogen and oxygen atoms in total. The molecule has 1 N–H and O–H groups in total. The van der Waals surface area contributed by atoms with Crippen molar-refractivity contribution in [2.24, 2.45) is 0 Å². The zero-order valence-electron chi connectivity index (χ0n) is 13.4. The summed E-state index contributed by atoms with van der Waals surface area (Å²) in [5.41, 5.74) is 2.33. The summed E-state index contributed by atoms with van der Waals surface area (Å²) < 4.78 is 10.4. The molecule has 0 spiro atoms. The van der Waals surface area contributed by atoms with Crippen molar-refractivity contribution in [2.45, 2.75) is 20.8 Å². The molecule has 1 aromatic heterocycles. The number of methoxy groups -OCH3 is 2. The minimum atomic E-state index is -0.265. The van der Waals surface area contributed by atoms with Crippen LogP contribution in [0.1, 0.15) is 27.6 Å². The van der Waals surface area contributed by atoms with Crippen LogP contribution in [-0.2, 0) is 0 Å². The molecule has 0 aliphatic rings. The van der Waals surface area contributed by atoms with Gasteiger partial charge in [-0.3, -0.25) is 4.79 Å². The van der Waals surface area contributed by atoms with E-state index in [4.69, 9.17) is 9.47 Å². The number of carbonyl (C=O) groups excluding carboxylic acids is 1. The number of ether oxygens (including phenoxy) is 2. The maximum absolute atomic E-state index is 12.5. The molecular weight excluding hydrogens is 282 g/mol. The van der Waals surface area contributed by atoms with Gasteiger partial charge in [0.25, 0.3) is 5.91 Å². The van der Waals surface area contributed by atoms with Crippen LogP contribution in [0.4, 0.5) is 5.69 Å². The van der Waals surface area contributed by atoms with E-state index in [0.717, 1.165) is 0 Å². The van der Waals surface area contributed by atoms with Crippen LogP contribution in [0.3, 0.4) is 0 Å². The van der Waals surface area contributed by atoms with Gasteiger partial charge in [0.2, 0.25) is 0 Å². The predicted molar refractivity (Wildman–Crippen MR) is 83.7 cm³/mol. The van der Waals surface area contributed by atoms with Gasteiger partial charge in [0.15, 0.2) is 0 Å². The highest BCUT2D eigenvalue weighted by Gasteiger charge is 2.17. The number of nitrogens with zero attached hydrogens (tertiary/aromatic N) is 2. The van der Waals surface area contributed by atoms with Crippen molar-refractivity contribution in [1.82, 2.24) is 9.97 Å². The quantitative estimate of drug-likeness (QED) is 0.940. The highest BCUT2D eigenvalue weighted by molar-refractivity contribution is 6.06. The van der Waals surface area contributed by atoms with Crippen molar-refractivity contribution in [2.75, 3.05) is 19.5 Å². The molecule has 116 valence electrons. The van der Waals surface area contributed by atoms with Crippen molar-refractivity contribution < 1.29 is 14.3 Å². The lowest BCUT2D eigenvalue weighted by Gasteiger charge is -2.13. The van der Waals surface area contributed by atoms with Gasteiger partial charge in [-0.1, -0.05) is 0 Å². The van der Waals surface area contributed by atoms with E-state index in [9.17, 15) is 4.79 Å². The first-order chi connectivity index (χ1) is 10.5. The number of hydrogen-bond acceptors (Lipinski definition) is 5. The molecule has 0 saturated heterocycles. The standard InChI is InChI=1S/C16H19N3O3/c1-9-15(10(2)18-11(3)17-9)16(20)19-13-7-6-12(21-4)8-14(13)22-5/h6-8H,1-5H3,(H,19,20). The normalized spacial score (nSPS) is 10.2. The summed E-state index contributed by atoms with van der Waals surface area (Å²) in [5, 5.41) is 2.83. The fraction of sp³-hybridized carbons (Fsp3) is 0.312. The van der Waals surface area contributed by atoms with Crippen molar-refractivity contribution in [3.05, 3.63) is 41.0 Å². The Morgan fingerprint density at radius 2 is 1.68 bits per heavy atom. The van der Waals surface area contributed by atoms with Crippen LogP contribution in [0.25, 0.3) is 0 Å². The molecular formula is C16H19N3O3. The van der Waals surface area contributed by atoms with Gasteiger partial charge in [-0.05, 0) is 32.9 Å². The smallest absolute Gasteiger partial charge is 0.259 e. The number of nitrogens with one attached hydrogen (secondary N) is 1. The summed E-state index contributed by atoms with van der Waals surface area (Å²) in [6.45, 7) is 5.39. The molecule has 1 amide bonds. The molecule has 0 radical (unpaired) electrons. The van der Waals surface area contributed by atoms with Crippen molar-refractivity contribution in [3.63, 3.8) is 0 Å². The minimum Gasteiger partial charge on any atom is -0.497 e. The van der Waals surface area contributed by atoms with Crippen LogP contribution in [0.2, 0.25) is 0 Å². The molecule has 1 heterocycles. The Morgan fingerprint density at radius 3 is 2.23 bits per heavy atom. The fourth-order valence-electron chi connectivity index (χ4n) is 2.30. The van der Waals surface area contributed by atoms with E-state index < -0.39 is 0 Å². The Kier molecular flexibility index (Phi) is 4.60. The number of aryl methyl sites for hydroxylation is 3. The van der Waals surface area contributed by atoms with E-state index in [1.165, 1.54) is 7.11 Å². The molecule has 0 saturated carbocycles. The number of anilines is 1. The predicted octanol–water partition coefficient (Wildman–Crippen LogP) is 2.67. The van der Waals surface area contributed by atoms with E-state index in [1.807, 2.05) is 0 Å². The molecule has 6 heteroatoms. The molecule has 0 unspecified atom stereocenters. The second-order valence-electron chi connectivity index (χ2n) is 4.84. The third-order valence-corrected chi connectivity index (χ3v) is 3.27. The Bertz CT molecular complexity index is 691. The van der Waals surface area contributed by atoms with Crippen molar-refractivity contribution in [1.29, 1.82) is 0 Å². The van der Waals surface area contributed by atoms with Crippen LogP contribution in [0.5, 0.6) is 11.5 Å². The summed E-state index contributed by atoms with van der Waals surface area (Å²) in [5.74, 6) is 1.56. The fourth-order valence-corrected chi connectivity index (χ4v) is 2.30. The lowest BCUT2D eigenvalue weighted by Crippen LogP contribution is -2.17. The average Bonchev–Trinajstić information content (AvgIpc) is 2.46. The van der Waals surface area contributed by atoms with E-state index in [0.29, 0.717) is 40.0 Å². The number of aromatic nitrogens is 2. The molecule has 0 atom stereocenters. The molecule has 0 bridgehead atoms. The number of amides is 1. The lowest BCUT2D eigenvalue weighted by molar-refractivity contribution is 0.102. The van der Waals surface area contributed by atoms with Gasteiger partial charge in [0.1, 0.15) is 17.3 Å². The highest BCUT2D eigenvalue weighted by atomic mass is 16.5. The molecule has 0 aliphatic carbocycles. The number of hydrogen-bond donors (Lipinski definition) is 1. The van der Waals surface area contributed by atoms with E-state index in [1.54, 1.807) is 46.1 Å². The minimum absolute atomic E-state index is 0.265. The third-order valence-electron chi connectivity index (χ3n) is 3.27. The average molecular weight is 301 g/mol. The van der Waals surface area contributed by atoms with Crippen molar-refractivity contribution in [3.8, 4) is 11.5 Å². The third kappa shape index (κ3) is 3.16. The van der Waals surface area contributed by atoms with Gasteiger partial charge in [0, 0.05) is 6.07 Å². The van der Waals surface area contributed by atoms with Crippen LogP contribution >= 0.6 is 0 Å². The molecule has 1 aromatic carbocycles. The maximum Gasteiger partial charge on any atom is 0.259 e. The Balaban J connectivity index is 2.34. The highest BCUT2D eigenvalue weighted by Crippen LogP contribution is 2.29. The first-order valence-electron chi connectivity index (χ1n) is 6.81. The topological polar surface area (TPSA) is 73.3 Å². The van der Waals surface area contributed by atoms with Crippen LogP contribution < -0.4 is 14.8 Å². The first-order valence-corrected chi connectivity index (χ1v) is 6.81. The van der Waals surface area contributed by atoms with E-state index in [2.05, 4.69) is 15.3 Å². The number of carbonyl (C=O) groups is 1. The molecule has 22 heavy (non-hydrogen) atoms. The molecule has 0 aliphatic heterocycles. The van der Waals surface area contributed by atoms with Crippen molar-refractivity contribution >= 4 is 11.6 Å². The summed E-state index contributed by atoms with van der Waals surface area (Å²) in [4.78, 5) is 21.0. The van der Waals surface area contributed by atoms with Gasteiger partial charge in [0.05, 0.1) is 36.9 Å². The second kappa shape index (κ2) is 6.43. The lowest BCUT2D eigenvalue weighted by atomic mass is 10.1. The summed E-state index contributed by atoms with van der Waals surface area (Å²) >= 11 is 0. The Morgan fingerprint density at radius 1 is 1.05 bits per heavy atom. The Labute approximate surface area is 129 Å². The van der Waals surface area contributed by atoms with Gasteiger partial charge >= 0.3 is 0 Å². The van der Waals surface area contributed by atoms with Crippen LogP contribution in [0, 0.1) is 20.8 Å². The molecule has 0 fully saturated rings. The summed E-state index contributed by atoms with van der Waals surface area (Å²) in [6, 6.07) is 5.19. The van der Waals surface area contributed by atoms with Gasteiger partial charge < -0.3 is 14.8 Å². The zero-order valence-corrected chi connectivity index (χ0v) is 13.4. The van der Waals surface area contributed by atoms with E-state index >= 15 is 0 Å². The Hall–Kier alpha value is -2.63. The summed E-state index contributed by atoms with van der Waals surface area (Å²) in [7, 11) is 3.11. The zero-order chi connectivity index (χ0) is 16.3. The number of rotatable bonds is 4.